The Labute approximate surface area is 114 Å². The van der Waals surface area contributed by atoms with Crippen molar-refractivity contribution in [1.82, 2.24) is 4.57 Å². The third-order valence-corrected chi connectivity index (χ3v) is 3.04. The fourth-order valence-corrected chi connectivity index (χ4v) is 2.27. The standard InChI is InChI=1S/C11H8Cl2N2OS/c12-8-5-7(14-17)6-9(13)11(8)15-4-2-1-3-10(15)16/h1-6,14,17H. The second kappa shape index (κ2) is 5.04. The van der Waals surface area contributed by atoms with Gasteiger partial charge < -0.3 is 4.72 Å². The van der Waals surface area contributed by atoms with E-state index in [-0.39, 0.29) is 5.56 Å². The van der Waals surface area contributed by atoms with Gasteiger partial charge in [0.25, 0.3) is 5.56 Å². The third-order valence-electron chi connectivity index (χ3n) is 2.21. The Balaban J connectivity index is 2.69. The molecule has 1 heterocycles. The van der Waals surface area contributed by atoms with Gasteiger partial charge in [-0.1, -0.05) is 42.1 Å². The molecule has 0 atom stereocenters. The highest BCUT2D eigenvalue weighted by molar-refractivity contribution is 7.81. The van der Waals surface area contributed by atoms with Crippen molar-refractivity contribution in [2.45, 2.75) is 0 Å². The first-order chi connectivity index (χ1) is 8.13. The first kappa shape index (κ1) is 12.4. The molecule has 2 aromatic rings. The number of rotatable bonds is 2. The molecule has 1 aromatic carbocycles. The number of nitrogens with one attached hydrogen (secondary N) is 1. The van der Waals surface area contributed by atoms with Crippen molar-refractivity contribution in [3.8, 4) is 5.69 Å². The first-order valence-corrected chi connectivity index (χ1v) is 5.91. The van der Waals surface area contributed by atoms with Crippen LogP contribution < -0.4 is 10.3 Å². The predicted octanol–water partition coefficient (Wildman–Crippen LogP) is 3.40. The molecule has 0 saturated carbocycles. The van der Waals surface area contributed by atoms with Crippen LogP contribution in [-0.2, 0) is 0 Å². The van der Waals surface area contributed by atoms with Crippen molar-refractivity contribution in [2.75, 3.05) is 4.72 Å². The number of anilines is 1. The maximum absolute atomic E-state index is 11.7. The summed E-state index contributed by atoms with van der Waals surface area (Å²) in [5.41, 5.74) is 0.935. The van der Waals surface area contributed by atoms with E-state index in [1.165, 1.54) is 10.6 Å². The molecule has 0 fully saturated rings. The van der Waals surface area contributed by atoms with Gasteiger partial charge >= 0.3 is 0 Å². The number of hydrogen-bond acceptors (Lipinski definition) is 3. The molecule has 0 amide bonds. The lowest BCUT2D eigenvalue weighted by Gasteiger charge is -2.11. The molecule has 3 nitrogen and oxygen atoms in total. The van der Waals surface area contributed by atoms with Crippen LogP contribution in [0, 0.1) is 0 Å². The molecule has 1 N–H and O–H groups in total. The zero-order chi connectivity index (χ0) is 12.4. The lowest BCUT2D eigenvalue weighted by molar-refractivity contribution is 0.991. The van der Waals surface area contributed by atoms with Crippen LogP contribution in [0.3, 0.4) is 0 Å². The number of hydrogen-bond donors (Lipinski definition) is 2. The van der Waals surface area contributed by atoms with Crippen molar-refractivity contribution in [2.24, 2.45) is 0 Å². The summed E-state index contributed by atoms with van der Waals surface area (Å²) in [5.74, 6) is 0. The van der Waals surface area contributed by atoms with Crippen molar-refractivity contribution in [3.05, 3.63) is 56.9 Å². The van der Waals surface area contributed by atoms with Gasteiger partial charge in [-0.3, -0.25) is 9.36 Å². The second-order valence-electron chi connectivity index (χ2n) is 3.31. The van der Waals surface area contributed by atoms with Crippen LogP contribution in [0.5, 0.6) is 0 Å². The maximum atomic E-state index is 11.7. The summed E-state index contributed by atoms with van der Waals surface area (Å²) in [6.07, 6.45) is 1.61. The van der Waals surface area contributed by atoms with E-state index in [0.29, 0.717) is 21.4 Å². The lowest BCUT2D eigenvalue weighted by Crippen LogP contribution is -2.16. The van der Waals surface area contributed by atoms with Crippen LogP contribution in [-0.4, -0.2) is 4.57 Å². The van der Waals surface area contributed by atoms with E-state index in [1.54, 1.807) is 30.5 Å². The van der Waals surface area contributed by atoms with Gasteiger partial charge in [-0.05, 0) is 18.2 Å². The largest absolute Gasteiger partial charge is 0.332 e. The highest BCUT2D eigenvalue weighted by Gasteiger charge is 2.10. The molecule has 0 saturated heterocycles. The molecule has 88 valence electrons. The molecule has 0 aliphatic rings. The van der Waals surface area contributed by atoms with Crippen LogP contribution in [0.25, 0.3) is 5.69 Å². The Morgan fingerprint density at radius 1 is 1.18 bits per heavy atom. The summed E-state index contributed by atoms with van der Waals surface area (Å²) < 4.78 is 4.04. The molecule has 0 aliphatic carbocycles. The van der Waals surface area contributed by atoms with E-state index in [9.17, 15) is 4.79 Å². The molecule has 0 aliphatic heterocycles. The van der Waals surface area contributed by atoms with Crippen molar-refractivity contribution >= 4 is 41.7 Å². The Bertz CT molecular complexity index is 589. The number of halogens is 2. The highest BCUT2D eigenvalue weighted by Crippen LogP contribution is 2.31. The molecule has 0 unspecified atom stereocenters. The molecular weight excluding hydrogens is 279 g/mol. The van der Waals surface area contributed by atoms with Gasteiger partial charge in [-0.2, -0.15) is 0 Å². The predicted molar refractivity (Wildman–Crippen MR) is 74.7 cm³/mol. The van der Waals surface area contributed by atoms with Crippen LogP contribution in [0.4, 0.5) is 5.69 Å². The van der Waals surface area contributed by atoms with Crippen molar-refractivity contribution < 1.29 is 0 Å². The van der Waals surface area contributed by atoms with Crippen LogP contribution in [0.1, 0.15) is 0 Å². The highest BCUT2D eigenvalue weighted by atomic mass is 35.5. The molecule has 0 bridgehead atoms. The van der Waals surface area contributed by atoms with Crippen molar-refractivity contribution in [1.29, 1.82) is 0 Å². The van der Waals surface area contributed by atoms with E-state index in [4.69, 9.17) is 23.2 Å². The van der Waals surface area contributed by atoms with E-state index < -0.39 is 0 Å². The molecular formula is C11H8Cl2N2OS. The minimum atomic E-state index is -0.192. The van der Waals surface area contributed by atoms with E-state index in [2.05, 4.69) is 17.5 Å². The van der Waals surface area contributed by atoms with Crippen LogP contribution in [0.15, 0.2) is 41.3 Å². The summed E-state index contributed by atoms with van der Waals surface area (Å²) >= 11 is 16.1. The summed E-state index contributed by atoms with van der Waals surface area (Å²) in [6.45, 7) is 0. The summed E-state index contributed by atoms with van der Waals surface area (Å²) in [5, 5.41) is 0.754. The summed E-state index contributed by atoms with van der Waals surface area (Å²) in [6, 6.07) is 8.13. The molecule has 6 heteroatoms. The number of nitrogens with zero attached hydrogens (tertiary/aromatic N) is 1. The fourth-order valence-electron chi connectivity index (χ4n) is 1.47. The topological polar surface area (TPSA) is 34.0 Å². The molecule has 2 rings (SSSR count). The summed E-state index contributed by atoms with van der Waals surface area (Å²) in [4.78, 5) is 11.7. The van der Waals surface area contributed by atoms with Gasteiger partial charge in [0, 0.05) is 18.0 Å². The van der Waals surface area contributed by atoms with Gasteiger partial charge in [-0.15, -0.1) is 0 Å². The first-order valence-electron chi connectivity index (χ1n) is 4.70. The van der Waals surface area contributed by atoms with Gasteiger partial charge in [-0.25, -0.2) is 0 Å². The smallest absolute Gasteiger partial charge is 0.255 e. The minimum absolute atomic E-state index is 0.192. The van der Waals surface area contributed by atoms with E-state index >= 15 is 0 Å². The van der Waals surface area contributed by atoms with Gasteiger partial charge in [0.2, 0.25) is 0 Å². The quantitative estimate of drug-likeness (QED) is 0.830. The van der Waals surface area contributed by atoms with E-state index in [1.807, 2.05) is 0 Å². The van der Waals surface area contributed by atoms with Gasteiger partial charge in [0.05, 0.1) is 15.7 Å². The molecule has 0 spiro atoms. The minimum Gasteiger partial charge on any atom is -0.332 e. The van der Waals surface area contributed by atoms with Gasteiger partial charge in [0.15, 0.2) is 0 Å². The Morgan fingerprint density at radius 2 is 1.82 bits per heavy atom. The number of thiol groups is 1. The second-order valence-corrected chi connectivity index (χ2v) is 4.35. The molecule has 0 radical (unpaired) electrons. The number of aromatic nitrogens is 1. The Hall–Kier alpha value is -1.10. The zero-order valence-corrected chi connectivity index (χ0v) is 10.9. The molecule has 1 aromatic heterocycles. The third kappa shape index (κ3) is 2.44. The molecule has 17 heavy (non-hydrogen) atoms. The van der Waals surface area contributed by atoms with Crippen LogP contribution >= 0.6 is 36.0 Å². The SMILES string of the molecule is O=c1ccccn1-c1c(Cl)cc(NS)cc1Cl. The monoisotopic (exact) mass is 286 g/mol. The fraction of sp³-hybridized carbons (Fsp3) is 0. The summed E-state index contributed by atoms with van der Waals surface area (Å²) in [7, 11) is 0. The van der Waals surface area contributed by atoms with Crippen molar-refractivity contribution in [3.63, 3.8) is 0 Å². The number of pyridine rings is 1. The van der Waals surface area contributed by atoms with Crippen LogP contribution in [0.2, 0.25) is 10.0 Å². The number of benzene rings is 1. The maximum Gasteiger partial charge on any atom is 0.255 e. The van der Waals surface area contributed by atoms with E-state index in [0.717, 1.165) is 0 Å². The zero-order valence-electron chi connectivity index (χ0n) is 8.52. The average molecular weight is 287 g/mol. The van der Waals surface area contributed by atoms with Gasteiger partial charge in [0.1, 0.15) is 0 Å². The Kier molecular flexibility index (Phi) is 3.66. The average Bonchev–Trinajstić information content (AvgIpc) is 2.30. The lowest BCUT2D eigenvalue weighted by atomic mass is 10.2. The normalized spacial score (nSPS) is 10.3. The Morgan fingerprint density at radius 3 is 2.35 bits per heavy atom.